The van der Waals surface area contributed by atoms with E-state index in [1.54, 1.807) is 23.4 Å². The Kier molecular flexibility index (Phi) is 1.97. The van der Waals surface area contributed by atoms with Crippen molar-refractivity contribution in [2.24, 2.45) is 0 Å². The second-order valence-corrected chi connectivity index (χ2v) is 3.63. The van der Waals surface area contributed by atoms with Crippen LogP contribution in [0.2, 0.25) is 0 Å². The van der Waals surface area contributed by atoms with Crippen LogP contribution in [0.5, 0.6) is 0 Å². The molecule has 0 spiro atoms. The molecule has 7 heteroatoms. The molecule has 0 atom stereocenters. The Bertz CT molecular complexity index is 710. The third-order valence-corrected chi connectivity index (χ3v) is 2.43. The number of nitrogens with one attached hydrogen (secondary N) is 1. The number of furan rings is 1. The Morgan fingerprint density at radius 3 is 3.18 bits per heavy atom. The van der Waals surface area contributed by atoms with E-state index in [1.807, 2.05) is 6.07 Å². The maximum absolute atomic E-state index is 11.5. The Balaban J connectivity index is 2.15. The number of H-pyrrole nitrogens is 1. The van der Waals surface area contributed by atoms with Gasteiger partial charge in [-0.05, 0) is 6.07 Å². The molecule has 0 fully saturated rings. The summed E-state index contributed by atoms with van der Waals surface area (Å²) in [6.45, 7) is 0.531. The number of aromatic nitrogens is 4. The topological polar surface area (TPSA) is 103 Å². The highest BCUT2D eigenvalue weighted by atomic mass is 16.3. The van der Waals surface area contributed by atoms with Crippen molar-refractivity contribution in [3.05, 3.63) is 40.8 Å². The van der Waals surface area contributed by atoms with E-state index in [-0.39, 0.29) is 17.0 Å². The molecule has 17 heavy (non-hydrogen) atoms. The van der Waals surface area contributed by atoms with Crippen molar-refractivity contribution in [2.45, 2.75) is 6.54 Å². The summed E-state index contributed by atoms with van der Waals surface area (Å²) in [5.74, 6) is 0.0800. The Labute approximate surface area is 94.9 Å². The maximum Gasteiger partial charge on any atom is 0.280 e. The molecule has 0 bridgehead atoms. The Morgan fingerprint density at radius 2 is 2.41 bits per heavy atom. The number of hydrogen-bond acceptors (Lipinski definition) is 5. The van der Waals surface area contributed by atoms with Crippen LogP contribution in [0.4, 0.5) is 5.95 Å². The summed E-state index contributed by atoms with van der Waals surface area (Å²) >= 11 is 0. The quantitative estimate of drug-likeness (QED) is 0.662. The third kappa shape index (κ3) is 1.57. The lowest BCUT2D eigenvalue weighted by atomic mass is 10.3. The smallest absolute Gasteiger partial charge is 0.280 e. The van der Waals surface area contributed by atoms with Gasteiger partial charge in [0.2, 0.25) is 5.95 Å². The molecule has 0 aromatic carbocycles. The number of nitrogens with two attached hydrogens (primary N) is 1. The summed E-state index contributed by atoms with van der Waals surface area (Å²) in [6, 6.07) is 1.84. The average molecular weight is 231 g/mol. The molecule has 3 N–H and O–H groups in total. The number of anilines is 1. The minimum absolute atomic E-state index is 0.0800. The fraction of sp³-hybridized carbons (Fsp3) is 0.100. The van der Waals surface area contributed by atoms with Gasteiger partial charge in [0.15, 0.2) is 11.2 Å². The number of hydrogen-bond donors (Lipinski definition) is 2. The summed E-state index contributed by atoms with van der Waals surface area (Å²) < 4.78 is 6.72. The van der Waals surface area contributed by atoms with Crippen LogP contribution in [0, 0.1) is 0 Å². The first kappa shape index (κ1) is 9.64. The molecule has 0 aliphatic rings. The second kappa shape index (κ2) is 3.48. The molecule has 0 aliphatic heterocycles. The van der Waals surface area contributed by atoms with Crippen molar-refractivity contribution in [3.63, 3.8) is 0 Å². The van der Waals surface area contributed by atoms with Crippen LogP contribution in [-0.2, 0) is 6.54 Å². The van der Waals surface area contributed by atoms with Gasteiger partial charge in [-0.2, -0.15) is 4.98 Å². The van der Waals surface area contributed by atoms with Crippen molar-refractivity contribution in [3.8, 4) is 0 Å². The first-order chi connectivity index (χ1) is 8.24. The zero-order chi connectivity index (χ0) is 11.8. The number of rotatable bonds is 2. The van der Waals surface area contributed by atoms with E-state index in [1.165, 1.54) is 0 Å². The molecule has 0 saturated carbocycles. The predicted octanol–water partition coefficient (Wildman–Crippen LogP) is 0.343. The van der Waals surface area contributed by atoms with Crippen LogP contribution < -0.4 is 11.3 Å². The van der Waals surface area contributed by atoms with Gasteiger partial charge in [0.05, 0.1) is 25.4 Å². The fourth-order valence-corrected chi connectivity index (χ4v) is 1.67. The molecule has 0 saturated heterocycles. The number of nitrogen functional groups attached to an aromatic ring is 1. The summed E-state index contributed by atoms with van der Waals surface area (Å²) in [4.78, 5) is 22.0. The molecule has 3 aromatic rings. The zero-order valence-electron chi connectivity index (χ0n) is 8.75. The Hall–Kier alpha value is -2.57. The van der Waals surface area contributed by atoms with Crippen molar-refractivity contribution >= 4 is 17.1 Å². The van der Waals surface area contributed by atoms with E-state index in [2.05, 4.69) is 15.0 Å². The summed E-state index contributed by atoms with van der Waals surface area (Å²) in [5, 5.41) is 0. The van der Waals surface area contributed by atoms with Crippen LogP contribution in [0.15, 0.2) is 34.1 Å². The number of nitrogens with zero attached hydrogens (tertiary/aromatic N) is 3. The molecule has 3 heterocycles. The average Bonchev–Trinajstić information content (AvgIpc) is 2.89. The summed E-state index contributed by atoms with van der Waals surface area (Å²) in [5.41, 5.74) is 6.87. The van der Waals surface area contributed by atoms with Gasteiger partial charge in [-0.25, -0.2) is 4.98 Å². The molecule has 7 nitrogen and oxygen atoms in total. The van der Waals surface area contributed by atoms with Crippen LogP contribution in [0.1, 0.15) is 5.56 Å². The van der Waals surface area contributed by atoms with E-state index in [0.717, 1.165) is 5.56 Å². The van der Waals surface area contributed by atoms with E-state index >= 15 is 0 Å². The molecule has 0 aliphatic carbocycles. The SMILES string of the molecule is Nc1nc2c(ncn2Cc2ccoc2)c(=O)[nH]1. The van der Waals surface area contributed by atoms with Crippen LogP contribution in [0.25, 0.3) is 11.2 Å². The highest BCUT2D eigenvalue weighted by molar-refractivity contribution is 5.70. The first-order valence-corrected chi connectivity index (χ1v) is 4.96. The normalized spacial score (nSPS) is 11.1. The summed E-state index contributed by atoms with van der Waals surface area (Å²) in [6.07, 6.45) is 4.77. The van der Waals surface area contributed by atoms with Crippen molar-refractivity contribution in [1.82, 2.24) is 19.5 Å². The van der Waals surface area contributed by atoms with Gasteiger partial charge in [-0.3, -0.25) is 9.78 Å². The minimum Gasteiger partial charge on any atom is -0.472 e. The second-order valence-electron chi connectivity index (χ2n) is 3.63. The monoisotopic (exact) mass is 231 g/mol. The predicted molar refractivity (Wildman–Crippen MR) is 60.4 cm³/mol. The van der Waals surface area contributed by atoms with Crippen LogP contribution >= 0.6 is 0 Å². The van der Waals surface area contributed by atoms with Gasteiger partial charge in [0.25, 0.3) is 5.56 Å². The summed E-state index contributed by atoms with van der Waals surface area (Å²) in [7, 11) is 0. The zero-order valence-corrected chi connectivity index (χ0v) is 8.75. The highest BCUT2D eigenvalue weighted by Gasteiger charge is 2.09. The van der Waals surface area contributed by atoms with E-state index < -0.39 is 0 Å². The van der Waals surface area contributed by atoms with Crippen molar-refractivity contribution in [2.75, 3.05) is 5.73 Å². The van der Waals surface area contributed by atoms with Crippen LogP contribution in [-0.4, -0.2) is 19.5 Å². The van der Waals surface area contributed by atoms with E-state index in [4.69, 9.17) is 10.2 Å². The van der Waals surface area contributed by atoms with E-state index in [0.29, 0.717) is 12.2 Å². The third-order valence-electron chi connectivity index (χ3n) is 2.43. The number of imidazole rings is 1. The molecule has 3 aromatic heterocycles. The van der Waals surface area contributed by atoms with Gasteiger partial charge in [0.1, 0.15) is 0 Å². The molecule has 86 valence electrons. The van der Waals surface area contributed by atoms with Crippen molar-refractivity contribution in [1.29, 1.82) is 0 Å². The molecular formula is C10H9N5O2. The largest absolute Gasteiger partial charge is 0.472 e. The molecule has 3 rings (SSSR count). The minimum atomic E-state index is -0.335. The van der Waals surface area contributed by atoms with Gasteiger partial charge in [0, 0.05) is 5.56 Å². The number of aromatic amines is 1. The molecule has 0 radical (unpaired) electrons. The first-order valence-electron chi connectivity index (χ1n) is 4.96. The highest BCUT2D eigenvalue weighted by Crippen LogP contribution is 2.10. The van der Waals surface area contributed by atoms with Crippen LogP contribution in [0.3, 0.4) is 0 Å². The fourth-order valence-electron chi connectivity index (χ4n) is 1.67. The molecule has 0 unspecified atom stereocenters. The maximum atomic E-state index is 11.5. The van der Waals surface area contributed by atoms with Gasteiger partial charge < -0.3 is 14.7 Å². The lowest BCUT2D eigenvalue weighted by Crippen LogP contribution is -2.12. The van der Waals surface area contributed by atoms with Gasteiger partial charge in [-0.1, -0.05) is 0 Å². The lowest BCUT2D eigenvalue weighted by molar-refractivity contribution is 0.562. The Morgan fingerprint density at radius 1 is 1.53 bits per heavy atom. The lowest BCUT2D eigenvalue weighted by Gasteiger charge is -2.00. The molecular weight excluding hydrogens is 222 g/mol. The van der Waals surface area contributed by atoms with Gasteiger partial charge >= 0.3 is 0 Å². The van der Waals surface area contributed by atoms with E-state index in [9.17, 15) is 4.79 Å². The van der Waals surface area contributed by atoms with Gasteiger partial charge in [-0.15, -0.1) is 0 Å². The van der Waals surface area contributed by atoms with Crippen molar-refractivity contribution < 1.29 is 4.42 Å². The number of fused-ring (bicyclic) bond motifs is 1. The standard InChI is InChI=1S/C10H9N5O2/c11-10-13-8-7(9(16)14-10)12-5-15(8)3-6-1-2-17-4-6/h1-2,4-5H,3H2,(H3,11,13,14,16). The molecule has 0 amide bonds.